The third-order valence-electron chi connectivity index (χ3n) is 6.60. The minimum atomic E-state index is -0.854. The summed E-state index contributed by atoms with van der Waals surface area (Å²) in [5.41, 5.74) is 3.60. The molecule has 1 saturated heterocycles. The van der Waals surface area contributed by atoms with Gasteiger partial charge in [-0.2, -0.15) is 0 Å². The van der Waals surface area contributed by atoms with Crippen LogP contribution in [0.2, 0.25) is 0 Å². The Labute approximate surface area is 232 Å². The molecule has 11 heteroatoms. The fraction of sp³-hybridized carbons (Fsp3) is 0.429. The van der Waals surface area contributed by atoms with Crippen molar-refractivity contribution in [3.05, 3.63) is 77.1 Å². The highest BCUT2D eigenvalue weighted by atomic mass is 32.2. The number of thioether (sulfide) groups is 1. The van der Waals surface area contributed by atoms with Crippen LogP contribution < -0.4 is 5.32 Å². The van der Waals surface area contributed by atoms with Crippen LogP contribution in [0.25, 0.3) is 0 Å². The van der Waals surface area contributed by atoms with Crippen LogP contribution in [0.5, 0.6) is 0 Å². The highest BCUT2D eigenvalue weighted by molar-refractivity contribution is 7.99. The quantitative estimate of drug-likeness (QED) is 0.286. The number of ether oxygens (including phenoxy) is 3. The normalized spacial score (nSPS) is 21.8. The smallest absolute Gasteiger partial charge is 0.303 e. The van der Waals surface area contributed by atoms with E-state index < -0.39 is 18.4 Å². The van der Waals surface area contributed by atoms with Gasteiger partial charge < -0.3 is 29.2 Å². The van der Waals surface area contributed by atoms with E-state index in [2.05, 4.69) is 22.4 Å². The first-order valence-electron chi connectivity index (χ1n) is 12.8. The van der Waals surface area contributed by atoms with E-state index in [-0.39, 0.29) is 30.6 Å². The van der Waals surface area contributed by atoms with Crippen LogP contribution >= 0.6 is 11.8 Å². The molecular weight excluding hydrogens is 520 g/mol. The molecule has 2 heterocycles. The number of nitrogens with zero attached hydrogens (tertiary/aromatic N) is 3. The molecule has 0 saturated carbocycles. The van der Waals surface area contributed by atoms with E-state index in [1.807, 2.05) is 60.1 Å². The Morgan fingerprint density at radius 2 is 1.77 bits per heavy atom. The monoisotopic (exact) mass is 554 g/mol. The number of nitrogens with one attached hydrogen (secondary N) is 1. The molecule has 0 radical (unpaired) electrons. The lowest BCUT2D eigenvalue weighted by Gasteiger charge is -2.41. The summed E-state index contributed by atoms with van der Waals surface area (Å²) in [5, 5.41) is 21.2. The van der Waals surface area contributed by atoms with Gasteiger partial charge in [0.1, 0.15) is 6.33 Å². The molecule has 208 valence electrons. The standard InChI is InChI=1S/C28H34N4O6S/c1-17-24(15-39-28-31-30-16-32(28)4)37-27(38-25(17)22-9-7-21(14-33)8-10-22)23-11-5-20(6-12-23)13-29-26(35)18(2)36-19(3)34/h5-12,16-18,24-25,27,33H,13-15H2,1-4H3,(H,29,35)/t17-,18-,24+,25+,27+/m0/s1. The maximum absolute atomic E-state index is 12.2. The van der Waals surface area contributed by atoms with Gasteiger partial charge in [-0.1, -0.05) is 67.2 Å². The van der Waals surface area contributed by atoms with Gasteiger partial charge >= 0.3 is 5.97 Å². The molecule has 3 aromatic rings. The summed E-state index contributed by atoms with van der Waals surface area (Å²) in [6.45, 7) is 5.20. The number of aromatic nitrogens is 3. The van der Waals surface area contributed by atoms with Gasteiger partial charge in [0, 0.05) is 37.8 Å². The first kappa shape index (κ1) is 28.8. The lowest BCUT2D eigenvalue weighted by atomic mass is 9.91. The summed E-state index contributed by atoms with van der Waals surface area (Å²) < 4.78 is 19.8. The number of carbonyl (C=O) groups excluding carboxylic acids is 2. The van der Waals surface area contributed by atoms with Gasteiger partial charge in [0.2, 0.25) is 0 Å². The Bertz CT molecular complexity index is 1250. The van der Waals surface area contributed by atoms with E-state index in [1.165, 1.54) is 13.8 Å². The fourth-order valence-corrected chi connectivity index (χ4v) is 5.35. The van der Waals surface area contributed by atoms with Crippen molar-refractivity contribution in [2.24, 2.45) is 13.0 Å². The molecule has 1 fully saturated rings. The zero-order valence-corrected chi connectivity index (χ0v) is 23.3. The van der Waals surface area contributed by atoms with Gasteiger partial charge in [-0.15, -0.1) is 10.2 Å². The number of esters is 1. The van der Waals surface area contributed by atoms with Crippen LogP contribution in [-0.4, -0.2) is 49.7 Å². The van der Waals surface area contributed by atoms with Crippen molar-refractivity contribution < 1.29 is 28.9 Å². The molecule has 1 aliphatic rings. The fourth-order valence-electron chi connectivity index (χ4n) is 4.30. The molecular formula is C28H34N4O6S. The molecule has 1 aliphatic heterocycles. The first-order chi connectivity index (χ1) is 18.7. The van der Waals surface area contributed by atoms with Crippen LogP contribution in [0.3, 0.4) is 0 Å². The van der Waals surface area contributed by atoms with Gasteiger partial charge in [0.25, 0.3) is 5.91 Å². The second-order valence-electron chi connectivity index (χ2n) is 9.57. The number of amides is 1. The molecule has 4 rings (SSSR count). The summed E-state index contributed by atoms with van der Waals surface area (Å²) in [7, 11) is 1.91. The van der Waals surface area contributed by atoms with E-state index in [0.717, 1.165) is 27.4 Å². The number of carbonyl (C=O) groups is 2. The Morgan fingerprint density at radius 3 is 2.38 bits per heavy atom. The number of hydrogen-bond donors (Lipinski definition) is 2. The lowest BCUT2D eigenvalue weighted by Crippen LogP contribution is -2.38. The minimum absolute atomic E-state index is 0.0144. The maximum Gasteiger partial charge on any atom is 0.303 e. The zero-order chi connectivity index (χ0) is 27.9. The Kier molecular flexibility index (Phi) is 9.73. The second-order valence-corrected chi connectivity index (χ2v) is 10.6. The van der Waals surface area contributed by atoms with Crippen LogP contribution in [0.4, 0.5) is 0 Å². The summed E-state index contributed by atoms with van der Waals surface area (Å²) in [4.78, 5) is 23.2. The average Bonchev–Trinajstić information content (AvgIpc) is 3.35. The van der Waals surface area contributed by atoms with Gasteiger partial charge in [0.05, 0.1) is 18.8 Å². The van der Waals surface area contributed by atoms with Crippen LogP contribution in [0, 0.1) is 5.92 Å². The van der Waals surface area contributed by atoms with Crippen LogP contribution in [0.15, 0.2) is 60.0 Å². The van der Waals surface area contributed by atoms with Crippen molar-refractivity contribution >= 4 is 23.6 Å². The van der Waals surface area contributed by atoms with E-state index >= 15 is 0 Å². The highest BCUT2D eigenvalue weighted by Gasteiger charge is 2.38. The van der Waals surface area contributed by atoms with Gasteiger partial charge in [-0.25, -0.2) is 0 Å². The number of hydrogen-bond acceptors (Lipinski definition) is 9. The second kappa shape index (κ2) is 13.2. The number of aryl methyl sites for hydroxylation is 1. The highest BCUT2D eigenvalue weighted by Crippen LogP contribution is 2.42. The summed E-state index contributed by atoms with van der Waals surface area (Å²) in [6.07, 6.45) is -0.127. The molecule has 2 N–H and O–H groups in total. The van der Waals surface area contributed by atoms with Gasteiger partial charge in [0.15, 0.2) is 17.6 Å². The molecule has 1 aromatic heterocycles. The number of benzene rings is 2. The summed E-state index contributed by atoms with van der Waals surface area (Å²) in [6, 6.07) is 15.5. The maximum atomic E-state index is 12.2. The Morgan fingerprint density at radius 1 is 1.10 bits per heavy atom. The van der Waals surface area contributed by atoms with Crippen molar-refractivity contribution in [3.8, 4) is 0 Å². The summed E-state index contributed by atoms with van der Waals surface area (Å²) in [5.74, 6) is -0.139. The van der Waals surface area contributed by atoms with Crippen molar-refractivity contribution in [2.45, 2.75) is 63.7 Å². The van der Waals surface area contributed by atoms with Gasteiger partial charge in [-0.3, -0.25) is 9.59 Å². The molecule has 10 nitrogen and oxygen atoms in total. The molecule has 5 atom stereocenters. The predicted octanol–water partition coefficient (Wildman–Crippen LogP) is 3.46. The van der Waals surface area contributed by atoms with E-state index in [1.54, 1.807) is 18.1 Å². The third kappa shape index (κ3) is 7.45. The zero-order valence-electron chi connectivity index (χ0n) is 22.4. The number of rotatable bonds is 10. The Balaban J connectivity index is 1.47. The molecule has 0 unspecified atom stereocenters. The van der Waals surface area contributed by atoms with Crippen molar-refractivity contribution in [3.63, 3.8) is 0 Å². The molecule has 1 amide bonds. The molecule has 0 aliphatic carbocycles. The predicted molar refractivity (Wildman–Crippen MR) is 144 cm³/mol. The van der Waals surface area contributed by atoms with Crippen molar-refractivity contribution in [1.29, 1.82) is 0 Å². The van der Waals surface area contributed by atoms with E-state index in [0.29, 0.717) is 12.3 Å². The molecule has 0 spiro atoms. The topological polar surface area (TPSA) is 125 Å². The largest absolute Gasteiger partial charge is 0.453 e. The SMILES string of the molecule is CC(=O)O[C@@H](C)C(=O)NCc1ccc([C@@H]2O[C@H](CSc3nncn3C)[C@H](C)[C@H](c3ccc(CO)cc3)O2)cc1. The first-order valence-corrected chi connectivity index (χ1v) is 13.7. The van der Waals surface area contributed by atoms with Crippen molar-refractivity contribution in [2.75, 3.05) is 5.75 Å². The molecule has 0 bridgehead atoms. The molecule has 39 heavy (non-hydrogen) atoms. The van der Waals surface area contributed by atoms with Crippen LogP contribution in [-0.2, 0) is 44.0 Å². The Hall–Kier alpha value is -3.25. The van der Waals surface area contributed by atoms with Crippen molar-refractivity contribution in [1.82, 2.24) is 20.1 Å². The van der Waals surface area contributed by atoms with Crippen LogP contribution in [0.1, 0.15) is 55.4 Å². The number of aliphatic hydroxyl groups excluding tert-OH is 1. The minimum Gasteiger partial charge on any atom is -0.453 e. The lowest BCUT2D eigenvalue weighted by molar-refractivity contribution is -0.268. The number of aliphatic hydroxyl groups is 1. The molecule has 2 aromatic carbocycles. The van der Waals surface area contributed by atoms with Gasteiger partial charge in [-0.05, 0) is 23.6 Å². The van der Waals surface area contributed by atoms with E-state index in [4.69, 9.17) is 14.2 Å². The summed E-state index contributed by atoms with van der Waals surface area (Å²) >= 11 is 1.59. The third-order valence-corrected chi connectivity index (χ3v) is 7.72. The average molecular weight is 555 g/mol. The van der Waals surface area contributed by atoms with E-state index in [9.17, 15) is 14.7 Å².